The monoisotopic (exact) mass is 524 g/mol. The zero-order valence-electron chi connectivity index (χ0n) is 22.7. The third-order valence-electron chi connectivity index (χ3n) is 6.75. The molecular weight excluding hydrogens is 492 g/mol. The molecule has 200 valence electrons. The number of aromatic nitrogens is 2. The molecule has 0 radical (unpaired) electrons. The molecule has 8 nitrogen and oxygen atoms in total. The molecule has 0 N–H and O–H groups in total. The summed E-state index contributed by atoms with van der Waals surface area (Å²) in [5.74, 6) is 1.69. The predicted octanol–water partition coefficient (Wildman–Crippen LogP) is 6.86. The molecule has 8 heteroatoms. The number of amides is 1. The molecule has 1 atom stereocenters. The van der Waals surface area contributed by atoms with Crippen LogP contribution >= 0.6 is 0 Å². The van der Waals surface area contributed by atoms with Crippen LogP contribution in [-0.2, 0) is 4.74 Å². The fourth-order valence-electron chi connectivity index (χ4n) is 4.82. The molecule has 1 aliphatic heterocycles. The second-order valence-corrected chi connectivity index (χ2v) is 10.7. The molecule has 4 aromatic rings. The van der Waals surface area contributed by atoms with Crippen LogP contribution in [0.3, 0.4) is 0 Å². The molecule has 39 heavy (non-hydrogen) atoms. The van der Waals surface area contributed by atoms with Gasteiger partial charge in [0.05, 0.1) is 38.5 Å². The van der Waals surface area contributed by atoms with E-state index in [1.165, 1.54) is 0 Å². The zero-order valence-corrected chi connectivity index (χ0v) is 22.7. The predicted molar refractivity (Wildman–Crippen MR) is 150 cm³/mol. The number of hydrogen-bond donors (Lipinski definition) is 0. The highest BCUT2D eigenvalue weighted by molar-refractivity contribution is 5.86. The number of ether oxygens (including phenoxy) is 3. The molecule has 2 aromatic carbocycles. The second-order valence-electron chi connectivity index (χ2n) is 10.7. The van der Waals surface area contributed by atoms with Crippen molar-refractivity contribution >= 4 is 17.3 Å². The molecule has 0 bridgehead atoms. The summed E-state index contributed by atoms with van der Waals surface area (Å²) in [6, 6.07) is 17.5. The lowest BCUT2D eigenvalue weighted by Crippen LogP contribution is -2.35. The van der Waals surface area contributed by atoms with Gasteiger partial charge in [0.15, 0.2) is 5.69 Å². The van der Waals surface area contributed by atoms with Crippen molar-refractivity contribution in [2.75, 3.05) is 26.8 Å². The first-order valence-electron chi connectivity index (χ1n) is 13.0. The number of methoxy groups -OCH3 is 1. The maximum atomic E-state index is 12.5. The van der Waals surface area contributed by atoms with Gasteiger partial charge in [-0.15, -0.1) is 0 Å². The second kappa shape index (κ2) is 10.7. The minimum atomic E-state index is -0.520. The van der Waals surface area contributed by atoms with Gasteiger partial charge in [0, 0.05) is 24.6 Å². The Kier molecular flexibility index (Phi) is 7.16. The van der Waals surface area contributed by atoms with Crippen LogP contribution in [0.1, 0.15) is 27.2 Å². The van der Waals surface area contributed by atoms with Crippen LogP contribution in [0.5, 0.6) is 11.5 Å². The number of imidazole rings is 1. The summed E-state index contributed by atoms with van der Waals surface area (Å²) in [5, 5.41) is 0. The van der Waals surface area contributed by atoms with Crippen LogP contribution in [0.15, 0.2) is 67.1 Å². The normalized spacial score (nSPS) is 15.3. The van der Waals surface area contributed by atoms with Gasteiger partial charge in [0.2, 0.25) is 0 Å². The molecule has 3 heterocycles. The van der Waals surface area contributed by atoms with Crippen molar-refractivity contribution in [1.29, 1.82) is 0 Å². The quantitative estimate of drug-likeness (QED) is 0.258. The Morgan fingerprint density at radius 1 is 1.10 bits per heavy atom. The Balaban J connectivity index is 1.47. The number of benzene rings is 2. The van der Waals surface area contributed by atoms with E-state index in [0.29, 0.717) is 31.1 Å². The summed E-state index contributed by atoms with van der Waals surface area (Å²) in [6.07, 6.45) is 4.16. The number of likely N-dealkylation sites (tertiary alicyclic amines) is 1. The van der Waals surface area contributed by atoms with Crippen molar-refractivity contribution in [3.05, 3.63) is 78.5 Å². The largest absolute Gasteiger partial charge is 0.497 e. The highest BCUT2D eigenvalue weighted by Crippen LogP contribution is 2.39. The fraction of sp³-hybridized carbons (Fsp3) is 0.323. The van der Waals surface area contributed by atoms with Gasteiger partial charge in [-0.3, -0.25) is 4.40 Å². The standard InChI is InChI=1S/C31H32N4O4/c1-31(2,3)39-30(36)34-15-14-21(18-34)19-38-28-16-26(22-6-10-24(32-4)11-7-22)29(35-20-33-17-27(28)35)23-8-12-25(37-5)13-9-23/h6-13,16-17,20-21H,14-15,18-19H2,1-3,5H3/t21-/m1/s1. The van der Waals surface area contributed by atoms with Crippen LogP contribution in [0.4, 0.5) is 10.5 Å². The SMILES string of the molecule is [C-]#[N+]c1ccc(-c2cc(OC[C@@H]3CCN(C(=O)OC(C)(C)C)C3)c3cncn3c2-c2ccc(OC)cc2)cc1. The number of hydrogen-bond acceptors (Lipinski definition) is 5. The number of pyridine rings is 1. The molecule has 0 spiro atoms. The molecule has 1 aliphatic rings. The first-order valence-corrected chi connectivity index (χ1v) is 13.0. The highest BCUT2D eigenvalue weighted by Gasteiger charge is 2.30. The van der Waals surface area contributed by atoms with Crippen molar-refractivity contribution in [2.24, 2.45) is 5.92 Å². The van der Waals surface area contributed by atoms with Gasteiger partial charge in [-0.05, 0) is 68.7 Å². The number of fused-ring (bicyclic) bond motifs is 1. The molecule has 1 amide bonds. The van der Waals surface area contributed by atoms with Crippen LogP contribution in [0.2, 0.25) is 0 Å². The van der Waals surface area contributed by atoms with Gasteiger partial charge >= 0.3 is 6.09 Å². The zero-order chi connectivity index (χ0) is 27.6. The Labute approximate surface area is 228 Å². The lowest BCUT2D eigenvalue weighted by atomic mass is 9.98. The van der Waals surface area contributed by atoms with Gasteiger partial charge in [0.25, 0.3) is 0 Å². The van der Waals surface area contributed by atoms with E-state index in [2.05, 4.69) is 9.83 Å². The lowest BCUT2D eigenvalue weighted by molar-refractivity contribution is 0.0285. The third kappa shape index (κ3) is 5.68. The van der Waals surface area contributed by atoms with E-state index < -0.39 is 5.60 Å². The summed E-state index contributed by atoms with van der Waals surface area (Å²) < 4.78 is 19.4. The van der Waals surface area contributed by atoms with Gasteiger partial charge in [-0.1, -0.05) is 24.3 Å². The molecule has 1 fully saturated rings. The van der Waals surface area contributed by atoms with Crippen LogP contribution in [-0.4, -0.2) is 52.8 Å². The van der Waals surface area contributed by atoms with Gasteiger partial charge in [0.1, 0.15) is 22.6 Å². The minimum absolute atomic E-state index is 0.197. The van der Waals surface area contributed by atoms with E-state index >= 15 is 0 Å². The average molecular weight is 525 g/mol. The van der Waals surface area contributed by atoms with Crippen molar-refractivity contribution < 1.29 is 19.0 Å². The van der Waals surface area contributed by atoms with E-state index in [1.54, 1.807) is 24.5 Å². The van der Waals surface area contributed by atoms with Crippen molar-refractivity contribution in [1.82, 2.24) is 14.3 Å². The summed E-state index contributed by atoms with van der Waals surface area (Å²) in [6.45, 7) is 14.7. The van der Waals surface area contributed by atoms with Gasteiger partial charge in [-0.25, -0.2) is 14.6 Å². The van der Waals surface area contributed by atoms with Gasteiger partial charge in [-0.2, -0.15) is 0 Å². The topological polar surface area (TPSA) is 69.7 Å². The maximum absolute atomic E-state index is 12.5. The summed E-state index contributed by atoms with van der Waals surface area (Å²) in [4.78, 5) is 22.2. The molecule has 2 aromatic heterocycles. The number of rotatable bonds is 6. The first-order chi connectivity index (χ1) is 18.8. The van der Waals surface area contributed by atoms with E-state index in [-0.39, 0.29) is 12.0 Å². The molecular formula is C31H32N4O4. The number of carbonyl (C=O) groups is 1. The molecule has 1 saturated heterocycles. The van der Waals surface area contributed by atoms with Crippen LogP contribution in [0.25, 0.3) is 32.7 Å². The lowest BCUT2D eigenvalue weighted by Gasteiger charge is -2.24. The van der Waals surface area contributed by atoms with E-state index in [0.717, 1.165) is 40.1 Å². The number of carbonyl (C=O) groups excluding carboxylic acids is 1. The smallest absolute Gasteiger partial charge is 0.410 e. The molecule has 0 aliphatic carbocycles. The highest BCUT2D eigenvalue weighted by atomic mass is 16.6. The van der Waals surface area contributed by atoms with E-state index in [9.17, 15) is 4.79 Å². The van der Waals surface area contributed by atoms with E-state index in [1.807, 2.05) is 79.8 Å². The Hall–Kier alpha value is -4.51. The Morgan fingerprint density at radius 2 is 1.82 bits per heavy atom. The van der Waals surface area contributed by atoms with Gasteiger partial charge < -0.3 is 19.1 Å². The molecule has 0 saturated carbocycles. The first kappa shape index (κ1) is 26.1. The molecule has 5 rings (SSSR count). The Bertz CT molecular complexity index is 1510. The minimum Gasteiger partial charge on any atom is -0.497 e. The van der Waals surface area contributed by atoms with Crippen molar-refractivity contribution in [3.63, 3.8) is 0 Å². The van der Waals surface area contributed by atoms with Crippen molar-refractivity contribution in [2.45, 2.75) is 32.8 Å². The average Bonchev–Trinajstić information content (AvgIpc) is 3.61. The van der Waals surface area contributed by atoms with Crippen LogP contribution in [0, 0.1) is 12.5 Å². The summed E-state index contributed by atoms with van der Waals surface area (Å²) in [7, 11) is 1.65. The third-order valence-corrected chi connectivity index (χ3v) is 6.75. The van der Waals surface area contributed by atoms with Crippen molar-refractivity contribution in [3.8, 4) is 33.9 Å². The number of nitrogens with zero attached hydrogens (tertiary/aromatic N) is 4. The van der Waals surface area contributed by atoms with Crippen LogP contribution < -0.4 is 9.47 Å². The fourth-order valence-corrected chi connectivity index (χ4v) is 4.82. The maximum Gasteiger partial charge on any atom is 0.410 e. The molecule has 0 unspecified atom stereocenters. The van der Waals surface area contributed by atoms with E-state index in [4.69, 9.17) is 20.8 Å². The Morgan fingerprint density at radius 3 is 2.49 bits per heavy atom. The summed E-state index contributed by atoms with van der Waals surface area (Å²) in [5.41, 5.74) is 4.80. The summed E-state index contributed by atoms with van der Waals surface area (Å²) >= 11 is 0.